The van der Waals surface area contributed by atoms with E-state index in [0.29, 0.717) is 0 Å². The molecule has 0 fully saturated rings. The van der Waals surface area contributed by atoms with Gasteiger partial charge in [-0.15, -0.1) is 0 Å². The lowest BCUT2D eigenvalue weighted by Crippen LogP contribution is -1.98. The van der Waals surface area contributed by atoms with E-state index in [1.807, 2.05) is 0 Å². The Labute approximate surface area is 104 Å². The summed E-state index contributed by atoms with van der Waals surface area (Å²) in [4.78, 5) is 9.52. The van der Waals surface area contributed by atoms with Gasteiger partial charge in [-0.25, -0.2) is 8.42 Å². The van der Waals surface area contributed by atoms with E-state index >= 15 is 0 Å². The first-order chi connectivity index (χ1) is 7.27. The van der Waals surface area contributed by atoms with Gasteiger partial charge in [-0.2, -0.15) is 0 Å². The molecule has 1 aromatic rings. The number of benzene rings is 1. The average Bonchev–Trinajstić information content (AvgIpc) is 2.14. The molecular weight excluding hydrogens is 326 g/mol. The van der Waals surface area contributed by atoms with Gasteiger partial charge in [-0.05, 0) is 15.9 Å². The van der Waals surface area contributed by atoms with Crippen LogP contribution in [0, 0.1) is 10.1 Å². The molecule has 9 heteroatoms. The summed E-state index contributed by atoms with van der Waals surface area (Å²) in [6.07, 6.45) is 0. The van der Waals surface area contributed by atoms with Crippen molar-refractivity contribution >= 4 is 41.4 Å². The van der Waals surface area contributed by atoms with Crippen molar-refractivity contribution in [3.63, 3.8) is 0 Å². The van der Waals surface area contributed by atoms with E-state index in [9.17, 15) is 18.5 Å². The molecule has 6 nitrogen and oxygen atoms in total. The number of halogens is 2. The topological polar surface area (TPSA) is 86.5 Å². The zero-order valence-corrected chi connectivity index (χ0v) is 11.0. The van der Waals surface area contributed by atoms with Crippen LogP contribution in [0.4, 0.5) is 5.69 Å². The molecule has 0 saturated heterocycles. The first-order valence-electron chi connectivity index (χ1n) is 3.74. The summed E-state index contributed by atoms with van der Waals surface area (Å²) in [6, 6.07) is 2.01. The molecule has 0 N–H and O–H groups in total. The molecule has 88 valence electrons. The van der Waals surface area contributed by atoms with E-state index in [0.717, 1.165) is 6.07 Å². The highest BCUT2D eigenvalue weighted by Gasteiger charge is 2.23. The highest BCUT2D eigenvalue weighted by molar-refractivity contribution is 9.10. The van der Waals surface area contributed by atoms with Crippen LogP contribution in [-0.2, 0) is 9.05 Å². The van der Waals surface area contributed by atoms with Crippen LogP contribution < -0.4 is 4.74 Å². The Morgan fingerprint density at radius 2 is 2.06 bits per heavy atom. The number of rotatable bonds is 3. The lowest BCUT2D eigenvalue weighted by Gasteiger charge is -2.05. The van der Waals surface area contributed by atoms with Crippen LogP contribution in [0.1, 0.15) is 0 Å². The van der Waals surface area contributed by atoms with Gasteiger partial charge in [-0.1, -0.05) is 0 Å². The summed E-state index contributed by atoms with van der Waals surface area (Å²) in [5.74, 6) is -0.0547. The Hall–Kier alpha value is -0.860. The van der Waals surface area contributed by atoms with E-state index in [2.05, 4.69) is 15.9 Å². The summed E-state index contributed by atoms with van der Waals surface area (Å²) >= 11 is 2.94. The summed E-state index contributed by atoms with van der Waals surface area (Å²) < 4.78 is 27.0. The maximum Gasteiger partial charge on any atom is 0.312 e. The molecule has 0 radical (unpaired) electrons. The van der Waals surface area contributed by atoms with Crippen molar-refractivity contribution in [1.82, 2.24) is 0 Å². The second-order valence-electron chi connectivity index (χ2n) is 2.65. The quantitative estimate of drug-likeness (QED) is 0.482. The SMILES string of the molecule is COc1cc(Br)c(S(=O)(=O)Cl)cc1[N+](=O)[O-]. The fraction of sp³-hybridized carbons (Fsp3) is 0.143. The normalized spacial score (nSPS) is 11.2. The molecule has 0 amide bonds. The molecule has 0 aliphatic heterocycles. The number of nitro benzene ring substituents is 1. The minimum Gasteiger partial charge on any atom is -0.490 e. The first-order valence-corrected chi connectivity index (χ1v) is 6.84. The first kappa shape index (κ1) is 13.2. The average molecular weight is 331 g/mol. The van der Waals surface area contributed by atoms with Crippen LogP contribution in [0.2, 0.25) is 0 Å². The largest absolute Gasteiger partial charge is 0.490 e. The third-order valence-corrected chi connectivity index (χ3v) is 3.97. The van der Waals surface area contributed by atoms with Crippen LogP contribution in [0.5, 0.6) is 5.75 Å². The van der Waals surface area contributed by atoms with Crippen LogP contribution in [0.25, 0.3) is 0 Å². The number of nitrogens with zero attached hydrogens (tertiary/aromatic N) is 1. The van der Waals surface area contributed by atoms with Crippen molar-refractivity contribution < 1.29 is 18.1 Å². The van der Waals surface area contributed by atoms with Crippen LogP contribution in [0.15, 0.2) is 21.5 Å². The lowest BCUT2D eigenvalue weighted by atomic mass is 10.3. The standard InChI is InChI=1S/C7H5BrClNO5S/c1-15-6-2-4(8)7(16(9,13)14)3-5(6)10(11)12/h2-3H,1H3. The smallest absolute Gasteiger partial charge is 0.312 e. The predicted octanol–water partition coefficient (Wildman–Crippen LogP) is 2.29. The van der Waals surface area contributed by atoms with Gasteiger partial charge in [-0.3, -0.25) is 10.1 Å². The molecule has 0 unspecified atom stereocenters. The molecule has 1 aromatic carbocycles. The highest BCUT2D eigenvalue weighted by atomic mass is 79.9. The molecule has 0 spiro atoms. The van der Waals surface area contributed by atoms with E-state index in [4.69, 9.17) is 15.4 Å². The fourth-order valence-electron chi connectivity index (χ4n) is 1.02. The molecule has 0 bridgehead atoms. The minimum atomic E-state index is -4.05. The number of methoxy groups -OCH3 is 1. The second kappa shape index (κ2) is 4.56. The maximum atomic E-state index is 11.1. The predicted molar refractivity (Wildman–Crippen MR) is 60.4 cm³/mol. The molecule has 0 aliphatic carbocycles. The lowest BCUT2D eigenvalue weighted by molar-refractivity contribution is -0.386. The number of hydrogen-bond donors (Lipinski definition) is 0. The van der Waals surface area contributed by atoms with Crippen molar-refractivity contribution in [1.29, 1.82) is 0 Å². The third kappa shape index (κ3) is 2.63. The zero-order valence-electron chi connectivity index (χ0n) is 7.81. The van der Waals surface area contributed by atoms with E-state index < -0.39 is 19.7 Å². The minimum absolute atomic E-state index is 0.0547. The molecule has 1 rings (SSSR count). The number of nitro groups is 1. The Morgan fingerprint density at radius 3 is 2.44 bits per heavy atom. The van der Waals surface area contributed by atoms with Crippen LogP contribution in [-0.4, -0.2) is 20.5 Å². The van der Waals surface area contributed by atoms with E-state index in [1.54, 1.807) is 0 Å². The molecule has 0 aliphatic rings. The van der Waals surface area contributed by atoms with Gasteiger partial charge in [0.15, 0.2) is 5.75 Å². The number of ether oxygens (including phenoxy) is 1. The maximum absolute atomic E-state index is 11.1. The van der Waals surface area contributed by atoms with E-state index in [-0.39, 0.29) is 15.1 Å². The van der Waals surface area contributed by atoms with Gasteiger partial charge in [0.1, 0.15) is 4.90 Å². The van der Waals surface area contributed by atoms with Crippen molar-refractivity contribution in [3.8, 4) is 5.75 Å². The van der Waals surface area contributed by atoms with Crippen molar-refractivity contribution in [2.45, 2.75) is 4.90 Å². The molecule has 16 heavy (non-hydrogen) atoms. The molecule has 0 heterocycles. The Bertz CT molecular complexity index is 544. The molecule has 0 aromatic heterocycles. The van der Waals surface area contributed by atoms with Gasteiger partial charge < -0.3 is 4.74 Å². The summed E-state index contributed by atoms with van der Waals surface area (Å²) in [5, 5.41) is 10.6. The van der Waals surface area contributed by atoms with Gasteiger partial charge in [0.05, 0.1) is 12.0 Å². The van der Waals surface area contributed by atoms with E-state index in [1.165, 1.54) is 13.2 Å². The molecular formula is C7H5BrClNO5S. The second-order valence-corrected chi connectivity index (χ2v) is 6.04. The van der Waals surface area contributed by atoms with Gasteiger partial charge >= 0.3 is 5.69 Å². The van der Waals surface area contributed by atoms with Crippen molar-refractivity contribution in [2.75, 3.05) is 7.11 Å². The zero-order chi connectivity index (χ0) is 12.5. The summed E-state index contributed by atoms with van der Waals surface area (Å²) in [7, 11) is 2.31. The summed E-state index contributed by atoms with van der Waals surface area (Å²) in [5.41, 5.74) is -0.468. The third-order valence-electron chi connectivity index (χ3n) is 1.69. The van der Waals surface area contributed by atoms with Crippen LogP contribution in [0.3, 0.4) is 0 Å². The Balaban J connectivity index is 3.58. The Morgan fingerprint density at radius 1 is 1.50 bits per heavy atom. The van der Waals surface area contributed by atoms with Crippen molar-refractivity contribution in [3.05, 3.63) is 26.7 Å². The van der Waals surface area contributed by atoms with Crippen molar-refractivity contribution in [2.24, 2.45) is 0 Å². The summed E-state index contributed by atoms with van der Waals surface area (Å²) in [6.45, 7) is 0. The van der Waals surface area contributed by atoms with Gasteiger partial charge in [0, 0.05) is 27.3 Å². The Kier molecular flexibility index (Phi) is 3.76. The fourth-order valence-corrected chi connectivity index (χ4v) is 3.19. The molecule has 0 atom stereocenters. The van der Waals surface area contributed by atoms with Crippen LogP contribution >= 0.6 is 26.6 Å². The highest BCUT2D eigenvalue weighted by Crippen LogP contribution is 2.36. The number of hydrogen-bond acceptors (Lipinski definition) is 5. The van der Waals surface area contributed by atoms with Gasteiger partial charge in [0.2, 0.25) is 0 Å². The molecule has 0 saturated carbocycles. The van der Waals surface area contributed by atoms with Gasteiger partial charge in [0.25, 0.3) is 9.05 Å². The monoisotopic (exact) mass is 329 g/mol.